The molecule has 1 aliphatic rings. The van der Waals surface area contributed by atoms with Crippen LogP contribution in [0.15, 0.2) is 40.2 Å². The summed E-state index contributed by atoms with van der Waals surface area (Å²) in [6, 6.07) is 2.96. The summed E-state index contributed by atoms with van der Waals surface area (Å²) in [5.41, 5.74) is 0.506. The zero-order valence-electron chi connectivity index (χ0n) is 22.2. The summed E-state index contributed by atoms with van der Waals surface area (Å²) in [6.45, 7) is 13.1. The predicted molar refractivity (Wildman–Crippen MR) is 152 cm³/mol. The molecule has 38 heavy (non-hydrogen) atoms. The lowest BCUT2D eigenvalue weighted by molar-refractivity contribution is -0.117. The number of rotatable bonds is 7. The zero-order chi connectivity index (χ0) is 28.0. The van der Waals surface area contributed by atoms with Gasteiger partial charge in [0.1, 0.15) is 11.5 Å². The van der Waals surface area contributed by atoms with Crippen LogP contribution in [0.2, 0.25) is 10.0 Å². The molecular formula is C27H33Cl2N5O4. The summed E-state index contributed by atoms with van der Waals surface area (Å²) in [4.78, 5) is 33.1. The van der Waals surface area contributed by atoms with Crippen molar-refractivity contribution in [2.24, 2.45) is 5.92 Å². The maximum absolute atomic E-state index is 12.8. The molecular weight excluding hydrogens is 529 g/mol. The number of hydrogen-bond donors (Lipinski definition) is 3. The molecule has 4 rings (SSSR count). The van der Waals surface area contributed by atoms with Gasteiger partial charge in [-0.3, -0.25) is 4.79 Å². The van der Waals surface area contributed by atoms with Gasteiger partial charge in [-0.1, -0.05) is 57.0 Å². The Labute approximate surface area is 232 Å². The highest BCUT2D eigenvalue weighted by molar-refractivity contribution is 6.40. The Kier molecular flexibility index (Phi) is 10.1. The molecule has 1 saturated heterocycles. The summed E-state index contributed by atoms with van der Waals surface area (Å²) < 4.78 is 10.8. The first-order valence-electron chi connectivity index (χ1n) is 12.3. The minimum Gasteiger partial charge on any atom is -0.495 e. The molecule has 204 valence electrons. The number of anilines is 1. The van der Waals surface area contributed by atoms with E-state index >= 15 is 0 Å². The third-order valence-electron chi connectivity index (χ3n) is 6.17. The number of benzene rings is 1. The fourth-order valence-corrected chi connectivity index (χ4v) is 4.28. The maximum Gasteiger partial charge on any atom is 0.363 e. The molecule has 0 saturated carbocycles. The van der Waals surface area contributed by atoms with Crippen molar-refractivity contribution in [3.8, 4) is 17.1 Å². The number of aromatic nitrogens is 2. The quantitative estimate of drug-likeness (QED) is 0.345. The molecule has 1 aliphatic heterocycles. The number of ether oxygens (including phenoxy) is 1. The van der Waals surface area contributed by atoms with Crippen molar-refractivity contribution in [2.45, 2.75) is 46.2 Å². The van der Waals surface area contributed by atoms with Gasteiger partial charge in [-0.05, 0) is 36.6 Å². The summed E-state index contributed by atoms with van der Waals surface area (Å²) in [5.74, 6) is 1.45. The van der Waals surface area contributed by atoms with Gasteiger partial charge in [0, 0.05) is 24.7 Å². The smallest absolute Gasteiger partial charge is 0.363 e. The monoisotopic (exact) mass is 561 g/mol. The Hall–Kier alpha value is -3.14. The van der Waals surface area contributed by atoms with Crippen molar-refractivity contribution in [2.75, 3.05) is 25.5 Å². The van der Waals surface area contributed by atoms with Gasteiger partial charge < -0.3 is 25.1 Å². The SMILES string of the molecule is C=CC(=O)NC1CNCC1Nc1ncc2cc(-c3c(Cl)c(C)cc(OC)c3Cl)oc(=O)c2n1.CCC(C)C. The molecule has 3 heterocycles. The number of hydrogen-bond acceptors (Lipinski definition) is 8. The second-order valence-corrected chi connectivity index (χ2v) is 10.1. The minimum absolute atomic E-state index is 0.0979. The first kappa shape index (κ1) is 29.4. The van der Waals surface area contributed by atoms with E-state index in [1.807, 2.05) is 0 Å². The Morgan fingerprint density at radius 1 is 1.29 bits per heavy atom. The van der Waals surface area contributed by atoms with Gasteiger partial charge in [-0.15, -0.1) is 0 Å². The van der Waals surface area contributed by atoms with Crippen molar-refractivity contribution in [1.29, 1.82) is 0 Å². The molecule has 0 radical (unpaired) electrons. The van der Waals surface area contributed by atoms with Gasteiger partial charge in [0.25, 0.3) is 0 Å². The predicted octanol–water partition coefficient (Wildman–Crippen LogP) is 4.98. The van der Waals surface area contributed by atoms with Gasteiger partial charge in [0.2, 0.25) is 11.9 Å². The van der Waals surface area contributed by atoms with E-state index in [9.17, 15) is 9.59 Å². The highest BCUT2D eigenvalue weighted by atomic mass is 35.5. The summed E-state index contributed by atoms with van der Waals surface area (Å²) >= 11 is 12.9. The molecule has 2 atom stereocenters. The largest absolute Gasteiger partial charge is 0.495 e. The fraction of sp³-hybridized carbons (Fsp3) is 0.407. The zero-order valence-corrected chi connectivity index (χ0v) is 23.7. The van der Waals surface area contributed by atoms with E-state index in [-0.39, 0.29) is 40.2 Å². The first-order chi connectivity index (χ1) is 18.1. The number of amides is 1. The number of nitrogens with one attached hydrogen (secondary N) is 3. The molecule has 9 nitrogen and oxygen atoms in total. The maximum atomic E-state index is 12.8. The molecule has 2 unspecified atom stereocenters. The van der Waals surface area contributed by atoms with E-state index in [1.54, 1.807) is 19.1 Å². The van der Waals surface area contributed by atoms with Crippen LogP contribution in [0.25, 0.3) is 22.2 Å². The molecule has 3 N–H and O–H groups in total. The number of carbonyl (C=O) groups excluding carboxylic acids is 1. The van der Waals surface area contributed by atoms with Crippen LogP contribution in [0, 0.1) is 12.8 Å². The minimum atomic E-state index is -0.665. The number of aryl methyl sites for hydroxylation is 1. The Morgan fingerprint density at radius 3 is 2.61 bits per heavy atom. The van der Waals surface area contributed by atoms with E-state index in [1.165, 1.54) is 25.8 Å². The second kappa shape index (κ2) is 13.1. The van der Waals surface area contributed by atoms with E-state index in [0.717, 1.165) is 11.5 Å². The standard InChI is InChI=1S/C22H21Cl2N5O4.C5H12/c1-4-16(30)27-12-8-25-9-13(12)28-22-26-7-11-6-14(33-21(31)20(11)29-22)17-18(23)10(2)5-15(32-3)19(17)24;1-4-5(2)3/h4-7,12-13,25H,1,8-9H2,2-3H3,(H,27,30)(H,26,28,29);5H,4H2,1-3H3. The molecule has 1 amide bonds. The fourth-order valence-electron chi connectivity index (χ4n) is 3.67. The van der Waals surface area contributed by atoms with Crippen molar-refractivity contribution < 1.29 is 13.9 Å². The van der Waals surface area contributed by atoms with E-state index in [0.29, 0.717) is 34.8 Å². The van der Waals surface area contributed by atoms with Crippen LogP contribution in [0.3, 0.4) is 0 Å². The van der Waals surface area contributed by atoms with Crippen LogP contribution in [0.4, 0.5) is 5.95 Å². The lowest BCUT2D eigenvalue weighted by Crippen LogP contribution is -2.45. The molecule has 0 bridgehead atoms. The second-order valence-electron chi connectivity index (χ2n) is 9.32. The van der Waals surface area contributed by atoms with Crippen molar-refractivity contribution in [3.05, 3.63) is 57.0 Å². The molecule has 2 aromatic heterocycles. The highest BCUT2D eigenvalue weighted by Crippen LogP contribution is 2.42. The normalized spacial score (nSPS) is 16.6. The highest BCUT2D eigenvalue weighted by Gasteiger charge is 2.28. The van der Waals surface area contributed by atoms with Crippen LogP contribution in [0.5, 0.6) is 5.75 Å². The van der Waals surface area contributed by atoms with Gasteiger partial charge in [0.05, 0.1) is 34.8 Å². The lowest BCUT2D eigenvalue weighted by atomic mass is 10.1. The van der Waals surface area contributed by atoms with Gasteiger partial charge >= 0.3 is 5.63 Å². The topological polar surface area (TPSA) is 118 Å². The number of fused-ring (bicyclic) bond motifs is 1. The average molecular weight is 562 g/mol. The summed E-state index contributed by atoms with van der Waals surface area (Å²) in [7, 11) is 1.49. The van der Waals surface area contributed by atoms with Gasteiger partial charge in [-0.25, -0.2) is 14.8 Å². The van der Waals surface area contributed by atoms with E-state index in [2.05, 4.69) is 53.3 Å². The number of nitrogens with zero attached hydrogens (tertiary/aromatic N) is 2. The number of carbonyl (C=O) groups is 1. The molecule has 3 aromatic rings. The third kappa shape index (κ3) is 6.83. The first-order valence-corrected chi connectivity index (χ1v) is 13.1. The van der Waals surface area contributed by atoms with Crippen LogP contribution < -0.4 is 26.3 Å². The van der Waals surface area contributed by atoms with Crippen molar-refractivity contribution in [3.63, 3.8) is 0 Å². The lowest BCUT2D eigenvalue weighted by Gasteiger charge is -2.20. The average Bonchev–Trinajstić information content (AvgIpc) is 3.33. The Bertz CT molecular complexity index is 1380. The number of methoxy groups -OCH3 is 1. The van der Waals surface area contributed by atoms with E-state index in [4.69, 9.17) is 32.4 Å². The summed E-state index contributed by atoms with van der Waals surface area (Å²) in [5, 5.41) is 10.2. The molecule has 11 heteroatoms. The Morgan fingerprint density at radius 2 is 1.97 bits per heavy atom. The third-order valence-corrected chi connectivity index (χ3v) is 7.04. The van der Waals surface area contributed by atoms with Gasteiger partial charge in [0.15, 0.2) is 5.52 Å². The van der Waals surface area contributed by atoms with Crippen LogP contribution in [-0.4, -0.2) is 48.2 Å². The van der Waals surface area contributed by atoms with Crippen LogP contribution >= 0.6 is 23.2 Å². The van der Waals surface area contributed by atoms with Gasteiger partial charge in [-0.2, -0.15) is 0 Å². The molecule has 1 aromatic carbocycles. The van der Waals surface area contributed by atoms with Crippen LogP contribution in [0.1, 0.15) is 32.8 Å². The molecule has 0 spiro atoms. The Balaban J connectivity index is 0.000000732. The van der Waals surface area contributed by atoms with Crippen molar-refractivity contribution >= 4 is 46.0 Å². The summed E-state index contributed by atoms with van der Waals surface area (Å²) in [6.07, 6.45) is 4.03. The van der Waals surface area contributed by atoms with Crippen LogP contribution in [-0.2, 0) is 4.79 Å². The number of halogens is 2. The molecule has 0 aliphatic carbocycles. The van der Waals surface area contributed by atoms with Crippen molar-refractivity contribution in [1.82, 2.24) is 20.6 Å². The van der Waals surface area contributed by atoms with E-state index < -0.39 is 5.63 Å². The molecule has 1 fully saturated rings.